The fourth-order valence-electron chi connectivity index (χ4n) is 3.57. The Morgan fingerprint density at radius 3 is 2.50 bits per heavy atom. The first kappa shape index (κ1) is 21.4. The van der Waals surface area contributed by atoms with E-state index in [4.69, 9.17) is 15.9 Å². The normalized spacial score (nSPS) is 10.6. The molecule has 1 radical (unpaired) electrons. The molecule has 4 rings (SSSR count). The van der Waals surface area contributed by atoms with E-state index in [1.807, 2.05) is 49.4 Å². The van der Waals surface area contributed by atoms with Crippen molar-refractivity contribution >= 4 is 29.3 Å². The molecule has 4 aromatic rings. The summed E-state index contributed by atoms with van der Waals surface area (Å²) in [5.74, 6) is 0.0684. The lowest BCUT2D eigenvalue weighted by molar-refractivity contribution is 0.301. The first-order chi connectivity index (χ1) is 14.1. The van der Waals surface area contributed by atoms with Crippen LogP contribution in [0.4, 0.5) is 0 Å². The van der Waals surface area contributed by atoms with E-state index < -0.39 is 0 Å². The maximum atomic E-state index is 7.81. The minimum Gasteiger partial charge on any atom is -0.465 e. The number of nitrogens with two attached hydrogens (primary N) is 1. The number of imidazole rings is 1. The molecule has 0 fully saturated rings. The summed E-state index contributed by atoms with van der Waals surface area (Å²) in [5.41, 5.74) is 12.4. The smallest absolute Gasteiger partial charge is 0.297 e. The van der Waals surface area contributed by atoms with Gasteiger partial charge in [-0.25, -0.2) is 0 Å². The van der Waals surface area contributed by atoms with Gasteiger partial charge in [0.1, 0.15) is 5.84 Å². The highest BCUT2D eigenvalue weighted by Gasteiger charge is 2.14. The highest BCUT2D eigenvalue weighted by molar-refractivity contribution is 6.01. The van der Waals surface area contributed by atoms with Crippen LogP contribution in [-0.2, 0) is 6.54 Å². The van der Waals surface area contributed by atoms with Gasteiger partial charge in [-0.3, -0.25) is 9.98 Å². The van der Waals surface area contributed by atoms with Crippen LogP contribution < -0.4 is 10.5 Å². The molecule has 0 aliphatic heterocycles. The number of benzene rings is 3. The Morgan fingerprint density at radius 2 is 1.80 bits per heavy atom. The molecule has 3 aromatic carbocycles. The summed E-state index contributed by atoms with van der Waals surface area (Å²) in [6.07, 6.45) is 0. The lowest BCUT2D eigenvalue weighted by Crippen LogP contribution is -2.12. The molecule has 0 atom stereocenters. The maximum Gasteiger partial charge on any atom is 0.297 e. The number of para-hydroxylation sites is 1. The molecule has 0 amide bonds. The maximum absolute atomic E-state index is 7.81. The minimum absolute atomic E-state index is 0. The highest BCUT2D eigenvalue weighted by Crippen LogP contribution is 2.27. The summed E-state index contributed by atoms with van der Waals surface area (Å²) in [4.78, 5) is 4.62. The van der Waals surface area contributed by atoms with E-state index in [1.165, 1.54) is 0 Å². The van der Waals surface area contributed by atoms with Crippen LogP contribution in [0.3, 0.4) is 0 Å². The molecule has 1 heterocycles. The van der Waals surface area contributed by atoms with Crippen LogP contribution >= 0.6 is 12.4 Å². The first-order valence-electron chi connectivity index (χ1n) is 9.55. The number of nitrogens with one attached hydrogen (secondary N) is 1. The number of halogens is 1. The molecule has 0 spiro atoms. The van der Waals surface area contributed by atoms with Crippen LogP contribution in [0.2, 0.25) is 0 Å². The molecule has 0 unspecified atom stereocenters. The van der Waals surface area contributed by atoms with E-state index in [-0.39, 0.29) is 18.2 Å². The average Bonchev–Trinajstić information content (AvgIpc) is 3.07. The topological polar surface area (TPSA) is 76.9 Å². The molecule has 0 saturated carbocycles. The van der Waals surface area contributed by atoms with Gasteiger partial charge in [-0.05, 0) is 42.2 Å². The summed E-state index contributed by atoms with van der Waals surface area (Å²) in [6.45, 7) is 7.29. The molecular weight excluding hydrogens is 396 g/mol. The second kappa shape index (κ2) is 9.01. The number of hydrogen-bond donors (Lipinski definition) is 2. The minimum atomic E-state index is 0. The van der Waals surface area contributed by atoms with Gasteiger partial charge in [0.15, 0.2) is 0 Å². The summed E-state index contributed by atoms with van der Waals surface area (Å²) < 4.78 is 7.84. The Bertz CT molecular complexity index is 1180. The molecule has 3 N–H and O–H groups in total. The van der Waals surface area contributed by atoms with Crippen molar-refractivity contribution < 1.29 is 4.74 Å². The van der Waals surface area contributed by atoms with Crippen molar-refractivity contribution in [3.63, 3.8) is 0 Å². The van der Waals surface area contributed by atoms with Crippen molar-refractivity contribution in [2.75, 3.05) is 6.61 Å². The third-order valence-corrected chi connectivity index (χ3v) is 4.91. The van der Waals surface area contributed by atoms with Gasteiger partial charge < -0.3 is 10.5 Å². The quantitative estimate of drug-likeness (QED) is 0.339. The van der Waals surface area contributed by atoms with Gasteiger partial charge in [-0.2, -0.15) is 4.98 Å². The second-order valence-electron chi connectivity index (χ2n) is 6.85. The number of rotatable bonds is 6. The lowest BCUT2D eigenvalue weighted by Gasteiger charge is -2.12. The van der Waals surface area contributed by atoms with Crippen LogP contribution in [0.5, 0.6) is 6.01 Å². The van der Waals surface area contributed by atoms with Gasteiger partial charge in [-0.15, -0.1) is 12.4 Å². The molecule has 30 heavy (non-hydrogen) atoms. The van der Waals surface area contributed by atoms with Crippen molar-refractivity contribution in [1.82, 2.24) is 9.55 Å². The second-order valence-corrected chi connectivity index (χ2v) is 6.85. The third-order valence-electron chi connectivity index (χ3n) is 4.91. The van der Waals surface area contributed by atoms with E-state index >= 15 is 0 Å². The largest absolute Gasteiger partial charge is 0.465 e. The Balaban J connectivity index is 0.00000256. The number of fused-ring (bicyclic) bond motifs is 1. The Hall–Kier alpha value is -3.31. The standard InChI is InChI=1S/C24H23N4O.ClH/c1-3-29-24-27-21-10-6-7-16(2)22(21)28(24)15-17-11-13-18(14-12-17)19-8-4-5-9-20(19)23(25)26;/h4-14H,2-3,15H2,1H3,(H3,25,26);1H. The van der Waals surface area contributed by atoms with Crippen LogP contribution in [0.15, 0.2) is 66.7 Å². The van der Waals surface area contributed by atoms with E-state index in [1.54, 1.807) is 0 Å². The number of amidine groups is 1. The SMILES string of the molecule is Cl.[CH2]c1cccc2nc(OCC)n(Cc3ccc(-c4ccccc4C(=N)N)cc3)c12. The zero-order valence-corrected chi connectivity index (χ0v) is 17.6. The predicted molar refractivity (Wildman–Crippen MR) is 125 cm³/mol. The molecule has 6 heteroatoms. The molecule has 0 aliphatic carbocycles. The van der Waals surface area contributed by atoms with Crippen molar-refractivity contribution in [3.05, 3.63) is 90.3 Å². The molecule has 0 aliphatic rings. The number of aromatic nitrogens is 2. The zero-order valence-electron chi connectivity index (χ0n) is 16.8. The van der Waals surface area contributed by atoms with Crippen molar-refractivity contribution in [3.8, 4) is 17.1 Å². The van der Waals surface area contributed by atoms with Crippen LogP contribution in [0, 0.1) is 12.3 Å². The molecule has 5 nitrogen and oxygen atoms in total. The Morgan fingerprint density at radius 1 is 1.07 bits per heavy atom. The van der Waals surface area contributed by atoms with Gasteiger partial charge in [-0.1, -0.05) is 60.7 Å². The molecule has 0 bridgehead atoms. The Labute approximate surface area is 182 Å². The Kier molecular flexibility index (Phi) is 6.43. The molecular formula is C24H24ClN4O. The molecule has 153 valence electrons. The average molecular weight is 420 g/mol. The van der Waals surface area contributed by atoms with Crippen LogP contribution in [0.25, 0.3) is 22.2 Å². The van der Waals surface area contributed by atoms with Gasteiger partial charge in [0.05, 0.1) is 24.2 Å². The fraction of sp³-hybridized carbons (Fsp3) is 0.125. The van der Waals surface area contributed by atoms with E-state index in [0.717, 1.165) is 38.9 Å². The van der Waals surface area contributed by atoms with Crippen molar-refractivity contribution in [2.45, 2.75) is 13.5 Å². The van der Waals surface area contributed by atoms with Gasteiger partial charge >= 0.3 is 0 Å². The zero-order chi connectivity index (χ0) is 20.4. The van der Waals surface area contributed by atoms with Crippen LogP contribution in [0.1, 0.15) is 23.6 Å². The first-order valence-corrected chi connectivity index (χ1v) is 9.55. The highest BCUT2D eigenvalue weighted by atomic mass is 35.5. The fourth-order valence-corrected chi connectivity index (χ4v) is 3.57. The van der Waals surface area contributed by atoms with Gasteiger partial charge in [0.2, 0.25) is 0 Å². The lowest BCUT2D eigenvalue weighted by atomic mass is 9.98. The summed E-state index contributed by atoms with van der Waals surface area (Å²) in [5, 5.41) is 7.81. The third kappa shape index (κ3) is 4.02. The van der Waals surface area contributed by atoms with Crippen molar-refractivity contribution in [1.29, 1.82) is 5.41 Å². The molecule has 0 saturated heterocycles. The summed E-state index contributed by atoms with van der Waals surface area (Å²) in [7, 11) is 0. The van der Waals surface area contributed by atoms with Crippen LogP contribution in [-0.4, -0.2) is 22.0 Å². The number of nitrogens with zero attached hydrogens (tertiary/aromatic N) is 2. The summed E-state index contributed by atoms with van der Waals surface area (Å²) in [6, 6.07) is 22.5. The van der Waals surface area contributed by atoms with E-state index in [0.29, 0.717) is 19.2 Å². The summed E-state index contributed by atoms with van der Waals surface area (Å²) >= 11 is 0. The van der Waals surface area contributed by atoms with Gasteiger partial charge in [0.25, 0.3) is 6.01 Å². The van der Waals surface area contributed by atoms with E-state index in [9.17, 15) is 0 Å². The van der Waals surface area contributed by atoms with Crippen molar-refractivity contribution in [2.24, 2.45) is 5.73 Å². The monoisotopic (exact) mass is 419 g/mol. The van der Waals surface area contributed by atoms with Gasteiger partial charge in [0, 0.05) is 5.56 Å². The number of ether oxygens (including phenoxy) is 1. The van der Waals surface area contributed by atoms with E-state index in [2.05, 4.69) is 40.7 Å². The predicted octanol–water partition coefficient (Wildman–Crippen LogP) is 5.04. The number of hydrogen-bond acceptors (Lipinski definition) is 3. The number of nitrogen functional groups attached to an aromatic ring is 1. The molecule has 1 aromatic heterocycles.